The van der Waals surface area contributed by atoms with Crippen LogP contribution in [0.1, 0.15) is 12.8 Å². The summed E-state index contributed by atoms with van der Waals surface area (Å²) in [4.78, 5) is 0. The van der Waals surface area contributed by atoms with Crippen LogP contribution in [-0.2, 0) is 0 Å². The van der Waals surface area contributed by atoms with Crippen molar-refractivity contribution in [3.63, 3.8) is 0 Å². The third-order valence-electron chi connectivity index (χ3n) is 2.48. The number of hydrogen-bond donors (Lipinski definition) is 0. The first-order valence-electron chi connectivity index (χ1n) is 3.48. The summed E-state index contributed by atoms with van der Waals surface area (Å²) in [7, 11) is 0. The highest BCUT2D eigenvalue weighted by Gasteiger charge is 2.48. The van der Waals surface area contributed by atoms with E-state index in [0.717, 1.165) is 11.3 Å². The highest BCUT2D eigenvalue weighted by atomic mass is 79.9. The molecule has 1 spiro atoms. The van der Waals surface area contributed by atoms with Crippen molar-refractivity contribution in [2.75, 3.05) is 16.8 Å². The molecular weight excluding hydrogens is 196 g/mol. The Morgan fingerprint density at radius 2 is 2.11 bits per heavy atom. The molecule has 0 amide bonds. The summed E-state index contributed by atoms with van der Waals surface area (Å²) in [6, 6.07) is 0. The van der Waals surface area contributed by atoms with E-state index in [1.54, 1.807) is 0 Å². The molecule has 0 bridgehead atoms. The molecule has 52 valence electrons. The molecule has 1 aliphatic heterocycles. The van der Waals surface area contributed by atoms with E-state index >= 15 is 0 Å². The maximum absolute atomic E-state index is 3.52. The van der Waals surface area contributed by atoms with E-state index in [-0.39, 0.29) is 0 Å². The van der Waals surface area contributed by atoms with Crippen LogP contribution in [0.3, 0.4) is 0 Å². The average Bonchev–Trinajstić information content (AvgIpc) is 1.59. The van der Waals surface area contributed by atoms with E-state index in [0.29, 0.717) is 0 Å². The van der Waals surface area contributed by atoms with Crippen molar-refractivity contribution in [3.8, 4) is 0 Å². The molecule has 2 aliphatic rings. The van der Waals surface area contributed by atoms with Crippen LogP contribution in [0.5, 0.6) is 0 Å². The average molecular weight is 207 g/mol. The molecule has 1 aliphatic carbocycles. The van der Waals surface area contributed by atoms with E-state index in [1.165, 1.54) is 29.7 Å². The molecule has 1 heterocycles. The summed E-state index contributed by atoms with van der Waals surface area (Å²) >= 11 is 5.64. The number of thioether (sulfide) groups is 1. The van der Waals surface area contributed by atoms with Crippen LogP contribution in [0, 0.1) is 11.3 Å². The SMILES string of the molecule is BrCC1CC2(CSC2)C1. The molecule has 2 rings (SSSR count). The van der Waals surface area contributed by atoms with Crippen molar-refractivity contribution in [1.29, 1.82) is 0 Å². The second-order valence-electron chi connectivity index (χ2n) is 3.42. The van der Waals surface area contributed by atoms with Crippen LogP contribution in [0.25, 0.3) is 0 Å². The van der Waals surface area contributed by atoms with Gasteiger partial charge in [-0.05, 0) is 35.7 Å². The lowest BCUT2D eigenvalue weighted by molar-refractivity contribution is 0.113. The topological polar surface area (TPSA) is 0 Å². The third-order valence-corrected chi connectivity index (χ3v) is 5.03. The van der Waals surface area contributed by atoms with Gasteiger partial charge < -0.3 is 0 Å². The molecule has 2 fully saturated rings. The van der Waals surface area contributed by atoms with Gasteiger partial charge in [0.1, 0.15) is 0 Å². The first-order chi connectivity index (χ1) is 4.35. The van der Waals surface area contributed by atoms with Crippen LogP contribution in [0.4, 0.5) is 0 Å². The normalized spacial score (nSPS) is 31.7. The Morgan fingerprint density at radius 1 is 1.44 bits per heavy atom. The predicted molar refractivity (Wildman–Crippen MR) is 46.3 cm³/mol. The summed E-state index contributed by atoms with van der Waals surface area (Å²) in [5.74, 6) is 3.93. The maximum atomic E-state index is 3.52. The molecule has 2 heteroatoms. The first-order valence-corrected chi connectivity index (χ1v) is 5.76. The fraction of sp³-hybridized carbons (Fsp3) is 1.00. The lowest BCUT2D eigenvalue weighted by atomic mass is 9.64. The minimum Gasteiger partial charge on any atom is -0.161 e. The van der Waals surface area contributed by atoms with Gasteiger partial charge in [0.2, 0.25) is 0 Å². The lowest BCUT2D eigenvalue weighted by Crippen LogP contribution is -2.47. The highest BCUT2D eigenvalue weighted by Crippen LogP contribution is 2.56. The van der Waals surface area contributed by atoms with Gasteiger partial charge in [-0.15, -0.1) is 0 Å². The zero-order chi connectivity index (χ0) is 6.32. The molecule has 1 saturated carbocycles. The zero-order valence-corrected chi connectivity index (χ0v) is 7.80. The largest absolute Gasteiger partial charge is 0.161 e. The summed E-state index contributed by atoms with van der Waals surface area (Å²) in [5.41, 5.74) is 0.850. The molecule has 0 unspecified atom stereocenters. The Hall–Kier alpha value is 0.830. The highest BCUT2D eigenvalue weighted by molar-refractivity contribution is 9.09. The smallest absolute Gasteiger partial charge is 0.00601 e. The fourth-order valence-corrected chi connectivity index (χ4v) is 3.61. The van der Waals surface area contributed by atoms with Crippen LogP contribution in [-0.4, -0.2) is 16.8 Å². The summed E-state index contributed by atoms with van der Waals surface area (Å²) < 4.78 is 0. The summed E-state index contributed by atoms with van der Waals surface area (Å²) in [6.07, 6.45) is 3.01. The fourth-order valence-electron chi connectivity index (χ4n) is 1.90. The number of hydrogen-bond acceptors (Lipinski definition) is 1. The van der Waals surface area contributed by atoms with Gasteiger partial charge in [0.15, 0.2) is 0 Å². The lowest BCUT2D eigenvalue weighted by Gasteiger charge is -2.53. The summed E-state index contributed by atoms with van der Waals surface area (Å²) in [6.45, 7) is 0. The van der Waals surface area contributed by atoms with Crippen molar-refractivity contribution < 1.29 is 0 Å². The van der Waals surface area contributed by atoms with Crippen molar-refractivity contribution >= 4 is 27.7 Å². The molecule has 1 saturated heterocycles. The Labute approximate surface area is 68.9 Å². The molecule has 0 nitrogen and oxygen atoms in total. The molecule has 0 aromatic rings. The van der Waals surface area contributed by atoms with Gasteiger partial charge >= 0.3 is 0 Å². The van der Waals surface area contributed by atoms with Crippen molar-refractivity contribution in [2.45, 2.75) is 12.8 Å². The van der Waals surface area contributed by atoms with Crippen LogP contribution >= 0.6 is 27.7 Å². The molecule has 0 N–H and O–H groups in total. The van der Waals surface area contributed by atoms with E-state index in [1.807, 2.05) is 0 Å². The molecular formula is C7H11BrS. The molecule has 0 aromatic carbocycles. The Balaban J connectivity index is 1.82. The van der Waals surface area contributed by atoms with Gasteiger partial charge in [-0.25, -0.2) is 0 Å². The Bertz CT molecular complexity index is 112. The van der Waals surface area contributed by atoms with E-state index in [9.17, 15) is 0 Å². The second-order valence-corrected chi connectivity index (χ2v) is 5.05. The first kappa shape index (κ1) is 6.53. The maximum Gasteiger partial charge on any atom is 0.00601 e. The molecule has 0 aromatic heterocycles. The van der Waals surface area contributed by atoms with Crippen LogP contribution in [0.2, 0.25) is 0 Å². The van der Waals surface area contributed by atoms with Gasteiger partial charge in [0, 0.05) is 5.33 Å². The standard InChI is InChI=1S/C7H11BrS/c8-3-6-1-7(2-6)4-9-5-7/h6H,1-5H2. The van der Waals surface area contributed by atoms with E-state index < -0.39 is 0 Å². The molecule has 0 radical (unpaired) electrons. The number of rotatable bonds is 1. The van der Waals surface area contributed by atoms with E-state index in [4.69, 9.17) is 0 Å². The number of halogens is 1. The van der Waals surface area contributed by atoms with E-state index in [2.05, 4.69) is 27.7 Å². The Morgan fingerprint density at radius 3 is 2.44 bits per heavy atom. The molecule has 0 atom stereocenters. The number of alkyl halides is 1. The Kier molecular flexibility index (Phi) is 1.57. The van der Waals surface area contributed by atoms with Gasteiger partial charge in [0.25, 0.3) is 0 Å². The van der Waals surface area contributed by atoms with Crippen LogP contribution in [0.15, 0.2) is 0 Å². The predicted octanol–water partition coefficient (Wildman–Crippen LogP) is 2.52. The quantitative estimate of drug-likeness (QED) is 0.595. The molecule has 9 heavy (non-hydrogen) atoms. The third kappa shape index (κ3) is 0.949. The van der Waals surface area contributed by atoms with Crippen LogP contribution < -0.4 is 0 Å². The monoisotopic (exact) mass is 206 g/mol. The van der Waals surface area contributed by atoms with Crippen molar-refractivity contribution in [2.24, 2.45) is 11.3 Å². The van der Waals surface area contributed by atoms with Crippen molar-refractivity contribution in [3.05, 3.63) is 0 Å². The van der Waals surface area contributed by atoms with Crippen molar-refractivity contribution in [1.82, 2.24) is 0 Å². The van der Waals surface area contributed by atoms with Gasteiger partial charge in [-0.2, -0.15) is 11.8 Å². The van der Waals surface area contributed by atoms with Gasteiger partial charge in [-0.1, -0.05) is 15.9 Å². The van der Waals surface area contributed by atoms with Gasteiger partial charge in [0.05, 0.1) is 0 Å². The zero-order valence-electron chi connectivity index (χ0n) is 5.40. The summed E-state index contributed by atoms with van der Waals surface area (Å²) in [5, 5.41) is 1.24. The minimum absolute atomic E-state index is 0.850. The van der Waals surface area contributed by atoms with Gasteiger partial charge in [-0.3, -0.25) is 0 Å². The minimum atomic E-state index is 0.850. The second kappa shape index (κ2) is 2.16.